The van der Waals surface area contributed by atoms with Gasteiger partial charge in [0.2, 0.25) is 5.88 Å². The van der Waals surface area contributed by atoms with Crippen LogP contribution in [-0.2, 0) is 0 Å². The monoisotopic (exact) mass is 589 g/mol. The SMILES string of the molecule is COc1nc2c(N3CCN[C@@H](CC#N)C3)nc(OCC34CCCN3CCC4)nc2cc1-c1ccc(F)c2sc(N)nc12. The van der Waals surface area contributed by atoms with Crippen molar-refractivity contribution in [3.05, 3.63) is 24.0 Å². The standard InChI is InChI=1S/C29H32FN9O2S/c1-40-26-19(18-4-5-20(30)24-22(18)36-27(32)42-24)14-21-23(35-26)25(38-13-10-33-17(15-38)6-9-31)37-28(34-21)41-16-29-7-2-11-39(29)12-3-8-29/h4-5,14,17,33H,2-3,6-8,10-13,15-16H2,1H3,(H2,32,36)/t17-/m0/s1. The van der Waals surface area contributed by atoms with E-state index in [9.17, 15) is 9.65 Å². The van der Waals surface area contributed by atoms with Gasteiger partial charge in [0.1, 0.15) is 17.9 Å². The van der Waals surface area contributed by atoms with Gasteiger partial charge in [-0.2, -0.15) is 15.2 Å². The van der Waals surface area contributed by atoms with E-state index in [0.29, 0.717) is 82.7 Å². The number of benzene rings is 1. The molecule has 1 atom stereocenters. The lowest BCUT2D eigenvalue weighted by atomic mass is 9.95. The fraction of sp³-hybridized carbons (Fsp3) is 0.483. The van der Waals surface area contributed by atoms with Crippen LogP contribution in [0.15, 0.2) is 18.2 Å². The van der Waals surface area contributed by atoms with Crippen LogP contribution in [-0.4, -0.2) is 82.9 Å². The fourth-order valence-electron chi connectivity index (χ4n) is 6.77. The van der Waals surface area contributed by atoms with Crippen molar-refractivity contribution in [2.24, 2.45) is 0 Å². The molecule has 0 aliphatic carbocycles. The maximum absolute atomic E-state index is 14.6. The molecule has 6 heterocycles. The Morgan fingerprint density at radius 1 is 1.14 bits per heavy atom. The Balaban J connectivity index is 1.35. The second-order valence-corrected chi connectivity index (χ2v) is 12.3. The van der Waals surface area contributed by atoms with E-state index < -0.39 is 0 Å². The largest absolute Gasteiger partial charge is 0.481 e. The fourth-order valence-corrected chi connectivity index (χ4v) is 7.54. The highest BCUT2D eigenvalue weighted by Gasteiger charge is 2.45. The Morgan fingerprint density at radius 2 is 1.98 bits per heavy atom. The molecule has 0 radical (unpaired) electrons. The zero-order chi connectivity index (χ0) is 28.8. The lowest BCUT2D eigenvalue weighted by Gasteiger charge is -2.34. The van der Waals surface area contributed by atoms with E-state index in [-0.39, 0.29) is 22.5 Å². The minimum absolute atomic E-state index is 0.00588. The molecule has 0 saturated carbocycles. The molecule has 0 bridgehead atoms. The summed E-state index contributed by atoms with van der Waals surface area (Å²) in [4.78, 5) is 23.7. The normalized spacial score (nSPS) is 20.2. The number of aromatic nitrogens is 4. The van der Waals surface area contributed by atoms with Crippen LogP contribution in [0.3, 0.4) is 0 Å². The summed E-state index contributed by atoms with van der Waals surface area (Å²) in [5.41, 5.74) is 8.87. The van der Waals surface area contributed by atoms with Crippen molar-refractivity contribution >= 4 is 43.5 Å². The lowest BCUT2D eigenvalue weighted by Crippen LogP contribution is -2.51. The highest BCUT2D eigenvalue weighted by Crippen LogP contribution is 2.41. The van der Waals surface area contributed by atoms with Crippen LogP contribution < -0.4 is 25.4 Å². The minimum atomic E-state index is -0.381. The number of fused-ring (bicyclic) bond motifs is 3. The maximum Gasteiger partial charge on any atom is 0.319 e. The van der Waals surface area contributed by atoms with Gasteiger partial charge >= 0.3 is 6.01 Å². The number of rotatable bonds is 7. The van der Waals surface area contributed by atoms with Gasteiger partial charge in [-0.3, -0.25) is 4.90 Å². The topological polar surface area (TPSA) is 138 Å². The molecular formula is C29H32FN9O2S. The van der Waals surface area contributed by atoms with Crippen LogP contribution in [0, 0.1) is 17.1 Å². The number of nitrogens with one attached hydrogen (secondary N) is 1. The maximum atomic E-state index is 14.6. The summed E-state index contributed by atoms with van der Waals surface area (Å²) in [7, 11) is 1.55. The number of ether oxygens (including phenoxy) is 2. The van der Waals surface area contributed by atoms with Gasteiger partial charge in [-0.1, -0.05) is 11.3 Å². The van der Waals surface area contributed by atoms with Crippen LogP contribution in [0.25, 0.3) is 32.4 Å². The van der Waals surface area contributed by atoms with Crippen molar-refractivity contribution in [3.63, 3.8) is 0 Å². The first kappa shape index (κ1) is 27.0. The molecule has 42 heavy (non-hydrogen) atoms. The van der Waals surface area contributed by atoms with Gasteiger partial charge in [0, 0.05) is 36.8 Å². The number of nitriles is 1. The second-order valence-electron chi connectivity index (χ2n) is 11.2. The van der Waals surface area contributed by atoms with Crippen molar-refractivity contribution in [1.82, 2.24) is 30.2 Å². The Labute approximate surface area is 246 Å². The van der Waals surface area contributed by atoms with Gasteiger partial charge in [-0.15, -0.1) is 0 Å². The molecule has 3 aromatic heterocycles. The van der Waals surface area contributed by atoms with E-state index in [0.717, 1.165) is 37.3 Å². The third-order valence-electron chi connectivity index (χ3n) is 8.77. The van der Waals surface area contributed by atoms with Crippen LogP contribution >= 0.6 is 11.3 Å². The average Bonchev–Trinajstić information content (AvgIpc) is 3.70. The average molecular weight is 590 g/mol. The first-order valence-electron chi connectivity index (χ1n) is 14.3. The van der Waals surface area contributed by atoms with Gasteiger partial charge in [0.05, 0.1) is 40.9 Å². The quantitative estimate of drug-likeness (QED) is 0.326. The molecule has 3 saturated heterocycles. The molecule has 0 unspecified atom stereocenters. The van der Waals surface area contributed by atoms with Crippen LogP contribution in [0.2, 0.25) is 0 Å². The zero-order valence-corrected chi connectivity index (χ0v) is 24.2. The predicted molar refractivity (Wildman–Crippen MR) is 159 cm³/mol. The van der Waals surface area contributed by atoms with Crippen molar-refractivity contribution in [2.75, 3.05) is 57.1 Å². The number of thiazole rings is 1. The summed E-state index contributed by atoms with van der Waals surface area (Å²) in [6, 6.07) is 7.52. The molecule has 3 fully saturated rings. The molecule has 3 aliphatic heterocycles. The van der Waals surface area contributed by atoms with Crippen molar-refractivity contribution < 1.29 is 13.9 Å². The molecule has 4 aromatic rings. The van der Waals surface area contributed by atoms with Crippen LogP contribution in [0.1, 0.15) is 32.1 Å². The number of pyridine rings is 1. The highest BCUT2D eigenvalue weighted by atomic mass is 32.1. The van der Waals surface area contributed by atoms with Crippen LogP contribution in [0.5, 0.6) is 11.9 Å². The number of piperazine rings is 1. The number of hydrogen-bond donors (Lipinski definition) is 2. The number of nitrogens with zero attached hydrogens (tertiary/aromatic N) is 7. The Hall–Kier alpha value is -3.86. The van der Waals surface area contributed by atoms with Crippen LogP contribution in [0.4, 0.5) is 15.3 Å². The number of hydrogen-bond acceptors (Lipinski definition) is 12. The molecule has 218 valence electrons. The summed E-state index contributed by atoms with van der Waals surface area (Å²) in [6.07, 6.45) is 4.96. The van der Waals surface area contributed by atoms with Gasteiger partial charge in [-0.25, -0.2) is 14.4 Å². The summed E-state index contributed by atoms with van der Waals surface area (Å²) in [5.74, 6) is 0.600. The molecule has 0 spiro atoms. The van der Waals surface area contributed by atoms with E-state index in [1.54, 1.807) is 13.2 Å². The van der Waals surface area contributed by atoms with E-state index in [1.807, 2.05) is 6.07 Å². The van der Waals surface area contributed by atoms with Gasteiger partial charge in [0.15, 0.2) is 10.9 Å². The number of anilines is 2. The summed E-state index contributed by atoms with van der Waals surface area (Å²) >= 11 is 1.10. The van der Waals surface area contributed by atoms with Crippen molar-refractivity contribution in [3.8, 4) is 29.1 Å². The van der Waals surface area contributed by atoms with Gasteiger partial charge < -0.3 is 25.4 Å². The molecule has 1 aromatic carbocycles. The third kappa shape index (κ3) is 4.63. The first-order valence-corrected chi connectivity index (χ1v) is 15.1. The molecule has 13 heteroatoms. The number of nitrogens with two attached hydrogens (primary N) is 1. The Morgan fingerprint density at radius 3 is 2.76 bits per heavy atom. The summed E-state index contributed by atoms with van der Waals surface area (Å²) < 4.78 is 27.2. The smallest absolute Gasteiger partial charge is 0.319 e. The molecule has 0 amide bonds. The van der Waals surface area contributed by atoms with Crippen molar-refractivity contribution in [2.45, 2.75) is 43.7 Å². The Bertz CT molecular complexity index is 1700. The van der Waals surface area contributed by atoms with Crippen molar-refractivity contribution in [1.29, 1.82) is 5.26 Å². The highest BCUT2D eigenvalue weighted by molar-refractivity contribution is 7.22. The number of nitrogen functional groups attached to an aromatic ring is 1. The van der Waals surface area contributed by atoms with Gasteiger partial charge in [0.25, 0.3) is 0 Å². The number of methoxy groups -OCH3 is 1. The lowest BCUT2D eigenvalue weighted by molar-refractivity contribution is 0.108. The van der Waals surface area contributed by atoms with E-state index in [1.165, 1.54) is 18.9 Å². The number of halogens is 1. The Kier molecular flexibility index (Phi) is 6.92. The first-order chi connectivity index (χ1) is 20.5. The molecular weight excluding hydrogens is 557 g/mol. The van der Waals surface area contributed by atoms with E-state index >= 15 is 0 Å². The van der Waals surface area contributed by atoms with E-state index in [2.05, 4.69) is 26.2 Å². The molecule has 3 aliphatic rings. The minimum Gasteiger partial charge on any atom is -0.481 e. The van der Waals surface area contributed by atoms with Gasteiger partial charge in [-0.05, 0) is 57.0 Å². The third-order valence-corrected chi connectivity index (χ3v) is 9.66. The second kappa shape index (κ2) is 10.8. The summed E-state index contributed by atoms with van der Waals surface area (Å²) in [5, 5.41) is 13.0. The summed E-state index contributed by atoms with van der Waals surface area (Å²) in [6.45, 7) is 4.74. The van der Waals surface area contributed by atoms with E-state index in [4.69, 9.17) is 30.2 Å². The predicted octanol–water partition coefficient (Wildman–Crippen LogP) is 3.73. The molecule has 3 N–H and O–H groups in total. The zero-order valence-electron chi connectivity index (χ0n) is 23.4. The molecule has 11 nitrogen and oxygen atoms in total. The molecule has 7 rings (SSSR count).